The van der Waals surface area contributed by atoms with Gasteiger partial charge in [-0.05, 0) is 37.3 Å². The summed E-state index contributed by atoms with van der Waals surface area (Å²) in [7, 11) is 0. The molecule has 2 rings (SSSR count). The van der Waals surface area contributed by atoms with Gasteiger partial charge in [0.2, 0.25) is 0 Å². The van der Waals surface area contributed by atoms with Crippen molar-refractivity contribution in [2.75, 3.05) is 17.2 Å². The van der Waals surface area contributed by atoms with Gasteiger partial charge >= 0.3 is 5.69 Å². The van der Waals surface area contributed by atoms with Crippen LogP contribution < -0.4 is 10.6 Å². The molecule has 0 unspecified atom stereocenters. The minimum absolute atomic E-state index is 0.00427. The third kappa shape index (κ3) is 3.65. The van der Waals surface area contributed by atoms with E-state index < -0.39 is 4.92 Å². The van der Waals surface area contributed by atoms with Crippen LogP contribution in [0.1, 0.15) is 6.92 Å². The predicted molar refractivity (Wildman–Crippen MR) is 89.7 cm³/mol. The van der Waals surface area contributed by atoms with Crippen molar-refractivity contribution in [1.29, 1.82) is 0 Å². The fraction of sp³-hybridized carbons (Fsp3) is 0.143. The predicted octanol–water partition coefficient (Wildman–Crippen LogP) is 5.19. The molecule has 0 atom stereocenters. The summed E-state index contributed by atoms with van der Waals surface area (Å²) in [4.78, 5) is 10.9. The van der Waals surface area contributed by atoms with Crippen molar-refractivity contribution in [3.8, 4) is 0 Å². The molecule has 7 heteroatoms. The molecule has 0 aromatic heterocycles. The average Bonchev–Trinajstić information content (AvgIpc) is 2.43. The standard InChI is InChI=1S/C14H13BrClN3O2/c1-2-17-11-4-3-5-12(14(11)19(20)21)18-13-8-9(15)6-7-10(13)16/h3-8,17-18H,2H2,1H3. The first-order chi connectivity index (χ1) is 10.0. The number of nitro groups is 1. The van der Waals surface area contributed by atoms with E-state index in [9.17, 15) is 10.1 Å². The molecule has 0 saturated heterocycles. The van der Waals surface area contributed by atoms with E-state index in [2.05, 4.69) is 26.6 Å². The van der Waals surface area contributed by atoms with Gasteiger partial charge in [0.1, 0.15) is 11.4 Å². The van der Waals surface area contributed by atoms with Gasteiger partial charge in [-0.3, -0.25) is 10.1 Å². The van der Waals surface area contributed by atoms with E-state index in [4.69, 9.17) is 11.6 Å². The van der Waals surface area contributed by atoms with Gasteiger partial charge in [-0.1, -0.05) is 33.6 Å². The van der Waals surface area contributed by atoms with E-state index >= 15 is 0 Å². The highest BCUT2D eigenvalue weighted by Gasteiger charge is 2.20. The molecule has 0 amide bonds. The summed E-state index contributed by atoms with van der Waals surface area (Å²) in [6.45, 7) is 2.48. The van der Waals surface area contributed by atoms with Gasteiger partial charge < -0.3 is 10.6 Å². The van der Waals surface area contributed by atoms with Gasteiger partial charge in [0.05, 0.1) is 15.6 Å². The van der Waals surface area contributed by atoms with Gasteiger partial charge in [0.15, 0.2) is 0 Å². The Labute approximate surface area is 135 Å². The molecule has 5 nitrogen and oxygen atoms in total. The first-order valence-electron chi connectivity index (χ1n) is 6.26. The Morgan fingerprint density at radius 1 is 1.24 bits per heavy atom. The zero-order valence-electron chi connectivity index (χ0n) is 11.2. The van der Waals surface area contributed by atoms with Crippen molar-refractivity contribution in [3.05, 3.63) is 56.0 Å². The van der Waals surface area contributed by atoms with Crippen LogP contribution in [0.3, 0.4) is 0 Å². The first kappa shape index (κ1) is 15.6. The minimum Gasteiger partial charge on any atom is -0.380 e. The monoisotopic (exact) mass is 369 g/mol. The second-order valence-corrected chi connectivity index (χ2v) is 5.56. The Balaban J connectivity index is 2.46. The minimum atomic E-state index is -0.410. The number of hydrogen-bond donors (Lipinski definition) is 2. The maximum atomic E-state index is 11.3. The fourth-order valence-corrected chi connectivity index (χ4v) is 2.44. The molecular formula is C14H13BrClN3O2. The Morgan fingerprint density at radius 3 is 2.62 bits per heavy atom. The number of nitro benzene ring substituents is 1. The van der Waals surface area contributed by atoms with Crippen LogP contribution in [0.25, 0.3) is 0 Å². The lowest BCUT2D eigenvalue weighted by Gasteiger charge is -2.12. The molecule has 110 valence electrons. The van der Waals surface area contributed by atoms with E-state index in [1.807, 2.05) is 6.92 Å². The second kappa shape index (κ2) is 6.78. The summed E-state index contributed by atoms with van der Waals surface area (Å²) < 4.78 is 0.833. The third-order valence-electron chi connectivity index (χ3n) is 2.78. The SMILES string of the molecule is CCNc1cccc(Nc2cc(Br)ccc2Cl)c1[N+](=O)[O-]. The quantitative estimate of drug-likeness (QED) is 0.561. The van der Waals surface area contributed by atoms with E-state index in [0.717, 1.165) is 4.47 Å². The van der Waals surface area contributed by atoms with Crippen molar-refractivity contribution in [1.82, 2.24) is 0 Å². The fourth-order valence-electron chi connectivity index (χ4n) is 1.91. The van der Waals surface area contributed by atoms with Gasteiger partial charge in [-0.15, -0.1) is 0 Å². The van der Waals surface area contributed by atoms with E-state index in [1.54, 1.807) is 36.4 Å². The molecule has 2 N–H and O–H groups in total. The normalized spacial score (nSPS) is 10.2. The number of hydrogen-bond acceptors (Lipinski definition) is 4. The molecule has 0 radical (unpaired) electrons. The molecule has 0 bridgehead atoms. The molecule has 0 aliphatic heterocycles. The van der Waals surface area contributed by atoms with Crippen LogP contribution in [0.5, 0.6) is 0 Å². The number of halogens is 2. The second-order valence-electron chi connectivity index (χ2n) is 4.24. The van der Waals surface area contributed by atoms with Gasteiger partial charge in [0, 0.05) is 11.0 Å². The molecule has 0 aliphatic rings. The molecular weight excluding hydrogens is 358 g/mol. The first-order valence-corrected chi connectivity index (χ1v) is 7.43. The van der Waals surface area contributed by atoms with Crippen molar-refractivity contribution >= 4 is 50.3 Å². The Hall–Kier alpha value is -1.79. The number of rotatable bonds is 5. The molecule has 2 aromatic carbocycles. The van der Waals surface area contributed by atoms with Crippen molar-refractivity contribution in [3.63, 3.8) is 0 Å². The summed E-state index contributed by atoms with van der Waals surface area (Å²) in [5.41, 5.74) is 1.45. The number of nitrogens with one attached hydrogen (secondary N) is 2. The van der Waals surface area contributed by atoms with Crippen LogP contribution in [0.2, 0.25) is 5.02 Å². The van der Waals surface area contributed by atoms with Crippen LogP contribution in [-0.4, -0.2) is 11.5 Å². The Kier molecular flexibility index (Phi) is 5.03. The topological polar surface area (TPSA) is 67.2 Å². The van der Waals surface area contributed by atoms with Crippen LogP contribution in [-0.2, 0) is 0 Å². The van der Waals surface area contributed by atoms with Crippen LogP contribution in [0.4, 0.5) is 22.7 Å². The zero-order valence-corrected chi connectivity index (χ0v) is 13.5. The average molecular weight is 371 g/mol. The maximum absolute atomic E-state index is 11.3. The lowest BCUT2D eigenvalue weighted by molar-refractivity contribution is -0.383. The number of para-hydroxylation sites is 1. The highest BCUT2D eigenvalue weighted by Crippen LogP contribution is 2.37. The van der Waals surface area contributed by atoms with Crippen LogP contribution in [0, 0.1) is 10.1 Å². The molecule has 0 saturated carbocycles. The molecule has 0 heterocycles. The summed E-state index contributed by atoms with van der Waals surface area (Å²) in [6, 6.07) is 10.4. The summed E-state index contributed by atoms with van der Waals surface area (Å²) >= 11 is 9.46. The largest absolute Gasteiger partial charge is 0.380 e. The number of nitrogens with zero attached hydrogens (tertiary/aromatic N) is 1. The van der Waals surface area contributed by atoms with E-state index in [-0.39, 0.29) is 5.69 Å². The highest BCUT2D eigenvalue weighted by atomic mass is 79.9. The van der Waals surface area contributed by atoms with Crippen molar-refractivity contribution < 1.29 is 4.92 Å². The number of benzene rings is 2. The summed E-state index contributed by atoms with van der Waals surface area (Å²) in [5.74, 6) is 0. The molecule has 0 spiro atoms. The lowest BCUT2D eigenvalue weighted by Crippen LogP contribution is -2.04. The van der Waals surface area contributed by atoms with Gasteiger partial charge in [0.25, 0.3) is 0 Å². The molecule has 0 aliphatic carbocycles. The Bertz CT molecular complexity index is 679. The highest BCUT2D eigenvalue weighted by molar-refractivity contribution is 9.10. The van der Waals surface area contributed by atoms with Gasteiger partial charge in [-0.25, -0.2) is 0 Å². The van der Waals surface area contributed by atoms with Crippen LogP contribution >= 0.6 is 27.5 Å². The van der Waals surface area contributed by atoms with Crippen LogP contribution in [0.15, 0.2) is 40.9 Å². The van der Waals surface area contributed by atoms with E-state index in [0.29, 0.717) is 28.6 Å². The zero-order chi connectivity index (χ0) is 15.4. The van der Waals surface area contributed by atoms with Crippen molar-refractivity contribution in [2.45, 2.75) is 6.92 Å². The smallest absolute Gasteiger partial charge is 0.315 e. The van der Waals surface area contributed by atoms with E-state index in [1.165, 1.54) is 0 Å². The summed E-state index contributed by atoms with van der Waals surface area (Å²) in [6.07, 6.45) is 0. The molecule has 2 aromatic rings. The third-order valence-corrected chi connectivity index (χ3v) is 3.61. The lowest BCUT2D eigenvalue weighted by atomic mass is 10.2. The summed E-state index contributed by atoms with van der Waals surface area (Å²) in [5, 5.41) is 17.8. The Morgan fingerprint density at radius 2 is 1.95 bits per heavy atom. The van der Waals surface area contributed by atoms with Crippen molar-refractivity contribution in [2.24, 2.45) is 0 Å². The maximum Gasteiger partial charge on any atom is 0.315 e. The number of anilines is 3. The molecule has 0 fully saturated rings. The van der Waals surface area contributed by atoms with Gasteiger partial charge in [-0.2, -0.15) is 0 Å². The molecule has 21 heavy (non-hydrogen) atoms.